The lowest BCUT2D eigenvalue weighted by atomic mass is 10.2. The van der Waals surface area contributed by atoms with E-state index >= 15 is 0 Å². The highest BCUT2D eigenvalue weighted by atomic mass is 31.2. The number of hydrogen-bond acceptors (Lipinski definition) is 10. The molecule has 0 aliphatic carbocycles. The van der Waals surface area contributed by atoms with E-state index in [1.807, 2.05) is 0 Å². The Morgan fingerprint density at radius 3 is 2.59 bits per heavy atom. The highest BCUT2D eigenvalue weighted by Gasteiger charge is 2.66. The summed E-state index contributed by atoms with van der Waals surface area (Å²) in [6, 6.07) is 0. The molecule has 14 nitrogen and oxygen atoms in total. The van der Waals surface area contributed by atoms with Gasteiger partial charge in [-0.05, 0) is 0 Å². The van der Waals surface area contributed by atoms with Crippen molar-refractivity contribution in [1.29, 1.82) is 0 Å². The van der Waals surface area contributed by atoms with Gasteiger partial charge in [-0.25, -0.2) is 15.0 Å². The van der Waals surface area contributed by atoms with E-state index in [2.05, 4.69) is 19.5 Å². The largest absolute Gasteiger partial charge is 0.443 e. The van der Waals surface area contributed by atoms with Crippen molar-refractivity contribution in [2.45, 2.75) is 36.6 Å². The van der Waals surface area contributed by atoms with Crippen LogP contribution in [0.5, 0.6) is 0 Å². The lowest BCUT2D eigenvalue weighted by molar-refractivity contribution is -0.160. The van der Waals surface area contributed by atoms with Crippen molar-refractivity contribution in [3.8, 4) is 0 Å². The van der Waals surface area contributed by atoms with Gasteiger partial charge in [-0.3, -0.25) is 18.2 Å². The number of rotatable bonds is 6. The molecule has 5 atom stereocenters. The summed E-state index contributed by atoms with van der Waals surface area (Å²) >= 11 is 0. The van der Waals surface area contributed by atoms with E-state index in [4.69, 9.17) is 20.3 Å². The highest BCUT2D eigenvalue weighted by Crippen LogP contribution is 2.73. The van der Waals surface area contributed by atoms with Gasteiger partial charge in [-0.1, -0.05) is 0 Å². The van der Waals surface area contributed by atoms with E-state index < -0.39 is 45.3 Å². The van der Waals surface area contributed by atoms with Gasteiger partial charge in [0.05, 0.1) is 12.4 Å². The molecule has 1 saturated heterocycles. The van der Waals surface area contributed by atoms with E-state index in [1.54, 1.807) is 0 Å². The molecular formula is C11H15F2N5O9P2. The summed E-state index contributed by atoms with van der Waals surface area (Å²) in [4.78, 5) is 38.0. The predicted octanol–water partition coefficient (Wildman–Crippen LogP) is -0.695. The zero-order valence-corrected chi connectivity index (χ0v) is 15.8. The first-order valence-corrected chi connectivity index (χ1v) is 10.8. The second-order valence-electron chi connectivity index (χ2n) is 6.01. The molecule has 2 aromatic rings. The van der Waals surface area contributed by atoms with E-state index in [0.29, 0.717) is 0 Å². The van der Waals surface area contributed by atoms with Crippen molar-refractivity contribution in [2.24, 2.45) is 0 Å². The summed E-state index contributed by atoms with van der Waals surface area (Å²) in [5.74, 6) is 0.0492. The summed E-state index contributed by atoms with van der Waals surface area (Å²) in [7, 11) is -12.8. The van der Waals surface area contributed by atoms with Gasteiger partial charge in [0.25, 0.3) is 0 Å². The van der Waals surface area contributed by atoms with E-state index in [1.165, 1.54) is 10.9 Å². The molecule has 0 saturated carbocycles. The summed E-state index contributed by atoms with van der Waals surface area (Å²) in [5, 5.41) is 14.4. The molecule has 0 bridgehead atoms. The van der Waals surface area contributed by atoms with Gasteiger partial charge in [0.2, 0.25) is 0 Å². The molecule has 2 aromatic heterocycles. The number of halogens is 2. The third-order valence-corrected chi connectivity index (χ3v) is 7.48. The Bertz CT molecular complexity index is 1020. The Kier molecular flexibility index (Phi) is 5.53. The van der Waals surface area contributed by atoms with Crippen LogP contribution in [0.15, 0.2) is 12.7 Å². The zero-order valence-electron chi connectivity index (χ0n) is 14.1. The van der Waals surface area contributed by atoms with Crippen LogP contribution in [-0.4, -0.2) is 68.3 Å². The first-order chi connectivity index (χ1) is 13.3. The Hall–Kier alpha value is -1.61. The van der Waals surface area contributed by atoms with Crippen LogP contribution in [0.3, 0.4) is 0 Å². The lowest BCUT2D eigenvalue weighted by Crippen LogP contribution is -2.37. The average Bonchev–Trinajstić information content (AvgIpc) is 3.17. The fraction of sp³-hybridized carbons (Fsp3) is 0.545. The number of ether oxygens (including phenoxy) is 1. The fourth-order valence-corrected chi connectivity index (χ4v) is 4.62. The number of imidazole rings is 1. The van der Waals surface area contributed by atoms with Gasteiger partial charge in [-0.2, -0.15) is 8.78 Å². The van der Waals surface area contributed by atoms with E-state index in [9.17, 15) is 33.0 Å². The Morgan fingerprint density at radius 2 is 1.97 bits per heavy atom. The van der Waals surface area contributed by atoms with Crippen LogP contribution in [0.25, 0.3) is 11.2 Å². The van der Waals surface area contributed by atoms with Crippen LogP contribution in [0, 0.1) is 0 Å². The Balaban J connectivity index is 1.79. The smallest absolute Gasteiger partial charge is 0.390 e. The third-order valence-electron chi connectivity index (χ3n) is 4.06. The second kappa shape index (κ2) is 7.27. The van der Waals surface area contributed by atoms with Gasteiger partial charge in [0, 0.05) is 6.42 Å². The molecule has 1 aliphatic heterocycles. The number of anilines is 1. The molecule has 2 unspecified atom stereocenters. The van der Waals surface area contributed by atoms with Gasteiger partial charge >= 0.3 is 20.6 Å². The minimum absolute atomic E-state index is 0.0492. The van der Waals surface area contributed by atoms with Crippen molar-refractivity contribution in [1.82, 2.24) is 19.5 Å². The highest BCUT2D eigenvalue weighted by molar-refractivity contribution is 7.72. The molecule has 3 heterocycles. The minimum Gasteiger partial charge on any atom is -0.390 e. The number of nitrogens with two attached hydrogens (primary N) is 1. The molecular weight excluding hydrogens is 446 g/mol. The van der Waals surface area contributed by atoms with Crippen LogP contribution >= 0.6 is 15.2 Å². The number of aromatic nitrogens is 4. The molecule has 0 amide bonds. The summed E-state index contributed by atoms with van der Waals surface area (Å²) in [6.07, 6.45) is -4.97. The number of aliphatic hydroxyl groups excluding tert-OH is 2. The van der Waals surface area contributed by atoms with Crippen molar-refractivity contribution >= 4 is 32.2 Å². The molecule has 0 spiro atoms. The number of fused-ring (bicyclic) bond motifs is 1. The van der Waals surface area contributed by atoms with Crippen LogP contribution in [0.2, 0.25) is 0 Å². The lowest BCUT2D eigenvalue weighted by Gasteiger charge is -2.27. The molecule has 3 rings (SSSR count). The summed E-state index contributed by atoms with van der Waals surface area (Å²) in [5.41, 5.74) is 6.03. The maximum Gasteiger partial charge on any atom is 0.443 e. The fourth-order valence-electron chi connectivity index (χ4n) is 2.62. The van der Waals surface area contributed by atoms with Crippen molar-refractivity contribution < 1.29 is 52.1 Å². The molecule has 18 heteroatoms. The van der Waals surface area contributed by atoms with E-state index in [0.717, 1.165) is 6.33 Å². The van der Waals surface area contributed by atoms with Crippen LogP contribution in [0.1, 0.15) is 12.6 Å². The molecule has 162 valence electrons. The van der Waals surface area contributed by atoms with Crippen molar-refractivity contribution in [2.75, 3.05) is 5.73 Å². The SMILES string of the molecule is Nc1ncnc2c1ncn2[C@H]1C[C@H](O)[C@@H](C(O)OP(=O)(O)C(F)(F)P(=O)(O)O)O1. The van der Waals surface area contributed by atoms with E-state index in [-0.39, 0.29) is 23.4 Å². The third kappa shape index (κ3) is 3.79. The van der Waals surface area contributed by atoms with Crippen LogP contribution in [0.4, 0.5) is 14.6 Å². The molecule has 0 aromatic carbocycles. The topological polar surface area (TPSA) is 223 Å². The average molecular weight is 461 g/mol. The van der Waals surface area contributed by atoms with Gasteiger partial charge < -0.3 is 35.4 Å². The number of aliphatic hydroxyl groups is 2. The maximum absolute atomic E-state index is 13.5. The summed E-state index contributed by atoms with van der Waals surface area (Å²) < 4.78 is 59.9. The number of nitrogen functional groups attached to an aromatic ring is 1. The summed E-state index contributed by atoms with van der Waals surface area (Å²) in [6.45, 7) is 0. The van der Waals surface area contributed by atoms with Crippen molar-refractivity contribution in [3.05, 3.63) is 12.7 Å². The monoisotopic (exact) mass is 461 g/mol. The van der Waals surface area contributed by atoms with Gasteiger partial charge in [0.1, 0.15) is 24.2 Å². The zero-order chi connectivity index (χ0) is 21.8. The standard InChI is InChI=1S/C11H15F2N5O9P2/c12-11(13,28(21,22)23)29(24,25)27-10(20)7-4(19)1-5(26-7)18-3-17-6-8(14)15-2-16-9(6)18/h2-5,7,10,19-20H,1H2,(H,24,25)(H2,14,15,16)(H2,21,22,23)/t4-,5+,7-,10?/m0/s1. The minimum atomic E-state index is -6.40. The second-order valence-corrected chi connectivity index (χ2v) is 9.83. The number of nitrogens with zero attached hydrogens (tertiary/aromatic N) is 4. The number of hydrogen-bond donors (Lipinski definition) is 6. The van der Waals surface area contributed by atoms with Crippen LogP contribution < -0.4 is 5.73 Å². The Morgan fingerprint density at radius 1 is 1.31 bits per heavy atom. The van der Waals surface area contributed by atoms with Crippen molar-refractivity contribution in [3.63, 3.8) is 0 Å². The molecule has 1 aliphatic rings. The maximum atomic E-state index is 13.5. The first-order valence-electron chi connectivity index (χ1n) is 7.65. The molecule has 1 fully saturated rings. The van der Waals surface area contributed by atoms with Gasteiger partial charge in [-0.15, -0.1) is 0 Å². The quantitative estimate of drug-likeness (QED) is 0.232. The molecule has 7 N–H and O–H groups in total. The van der Waals surface area contributed by atoms with Gasteiger partial charge in [0.15, 0.2) is 17.8 Å². The van der Waals surface area contributed by atoms with Crippen LogP contribution in [-0.2, 0) is 18.4 Å². The molecule has 0 radical (unpaired) electrons. The Labute approximate surface area is 159 Å². The normalized spacial score (nSPS) is 26.5. The number of alkyl halides is 2. The molecule has 29 heavy (non-hydrogen) atoms. The predicted molar refractivity (Wildman–Crippen MR) is 88.2 cm³/mol. The first kappa shape index (κ1) is 22.1.